The molecule has 0 spiro atoms. The molecule has 0 aliphatic heterocycles. The van der Waals surface area contributed by atoms with Crippen molar-refractivity contribution in [2.24, 2.45) is 0 Å². The lowest BCUT2D eigenvalue weighted by molar-refractivity contribution is -0.141. The van der Waals surface area contributed by atoms with Gasteiger partial charge in [-0.3, -0.25) is 9.59 Å². The van der Waals surface area contributed by atoms with Crippen LogP contribution in [0.5, 0.6) is 0 Å². The Morgan fingerprint density at radius 2 is 2.03 bits per heavy atom. The number of aromatic nitrogens is 1. The Labute approximate surface area is 181 Å². The number of rotatable bonds is 8. The van der Waals surface area contributed by atoms with Crippen LogP contribution in [0.1, 0.15) is 30.3 Å². The van der Waals surface area contributed by atoms with Gasteiger partial charge in [0, 0.05) is 17.3 Å². The van der Waals surface area contributed by atoms with Gasteiger partial charge in [0.1, 0.15) is 5.82 Å². The molecule has 2 aromatic carbocycles. The van der Waals surface area contributed by atoms with Crippen LogP contribution in [0.4, 0.5) is 4.39 Å². The van der Waals surface area contributed by atoms with Gasteiger partial charge in [-0.1, -0.05) is 40.2 Å². The van der Waals surface area contributed by atoms with Crippen molar-refractivity contribution in [1.29, 1.82) is 0 Å². The number of carbonyl (C=O) groups is 2. The first kappa shape index (κ1) is 21.7. The van der Waals surface area contributed by atoms with E-state index in [4.69, 9.17) is 9.15 Å². The highest BCUT2D eigenvalue weighted by molar-refractivity contribution is 9.10. The summed E-state index contributed by atoms with van der Waals surface area (Å²) in [4.78, 5) is 28.4. The number of amides is 1. The number of benzene rings is 2. The van der Waals surface area contributed by atoms with Crippen LogP contribution in [0.15, 0.2) is 63.6 Å². The monoisotopic (exact) mass is 474 g/mol. The quantitative estimate of drug-likeness (QED) is 0.482. The van der Waals surface area contributed by atoms with Crippen molar-refractivity contribution in [2.45, 2.75) is 25.3 Å². The van der Waals surface area contributed by atoms with Crippen molar-refractivity contribution in [3.8, 4) is 11.3 Å². The maximum Gasteiger partial charge on any atom is 0.307 e. The van der Waals surface area contributed by atoms with Crippen LogP contribution in [0.2, 0.25) is 0 Å². The minimum Gasteiger partial charge on any atom is -0.469 e. The Balaban J connectivity index is 1.63. The molecule has 0 bridgehead atoms. The van der Waals surface area contributed by atoms with Gasteiger partial charge in [-0.2, -0.15) is 0 Å². The first-order valence-corrected chi connectivity index (χ1v) is 10.1. The molecule has 0 aliphatic rings. The van der Waals surface area contributed by atoms with Crippen LogP contribution in [0.25, 0.3) is 11.3 Å². The minimum absolute atomic E-state index is 0.00906. The summed E-state index contributed by atoms with van der Waals surface area (Å²) in [5.74, 6) is -0.466. The molecule has 0 fully saturated rings. The van der Waals surface area contributed by atoms with Gasteiger partial charge >= 0.3 is 5.97 Å². The van der Waals surface area contributed by atoms with Crippen molar-refractivity contribution in [2.75, 3.05) is 7.11 Å². The topological polar surface area (TPSA) is 81.4 Å². The summed E-state index contributed by atoms with van der Waals surface area (Å²) in [6, 6.07) is 13.1. The average Bonchev–Trinajstić information content (AvgIpc) is 3.21. The fraction of sp³-hybridized carbons (Fsp3) is 0.227. The molecule has 0 saturated carbocycles. The zero-order chi connectivity index (χ0) is 21.5. The average molecular weight is 475 g/mol. The number of ether oxygens (including phenoxy) is 1. The van der Waals surface area contributed by atoms with Gasteiger partial charge in [-0.15, -0.1) is 0 Å². The zero-order valence-corrected chi connectivity index (χ0v) is 17.8. The molecule has 6 nitrogen and oxygen atoms in total. The largest absolute Gasteiger partial charge is 0.469 e. The molecule has 0 radical (unpaired) electrons. The predicted molar refractivity (Wildman–Crippen MR) is 112 cm³/mol. The summed E-state index contributed by atoms with van der Waals surface area (Å²) in [5, 5.41) is 2.85. The van der Waals surface area contributed by atoms with Gasteiger partial charge in [-0.05, 0) is 29.8 Å². The van der Waals surface area contributed by atoms with E-state index < -0.39 is 17.8 Å². The maximum absolute atomic E-state index is 13.9. The highest BCUT2D eigenvalue weighted by Crippen LogP contribution is 2.24. The van der Waals surface area contributed by atoms with Gasteiger partial charge in [0.05, 0.1) is 31.3 Å². The zero-order valence-electron chi connectivity index (χ0n) is 16.2. The van der Waals surface area contributed by atoms with E-state index in [1.54, 1.807) is 18.2 Å². The molecule has 8 heteroatoms. The lowest BCUT2D eigenvalue weighted by Gasteiger charge is -2.18. The predicted octanol–water partition coefficient (Wildman–Crippen LogP) is 4.60. The van der Waals surface area contributed by atoms with Gasteiger partial charge in [0.15, 0.2) is 11.7 Å². The standard InChI is InChI=1S/C22H20BrFN2O4/c1-29-22(28)12-18(14-5-4-6-15(23)11-14)26-20(27)9-10-21-25-13-19(30-21)16-7-2-3-8-17(16)24/h2-8,11,13,18H,9-10,12H2,1H3,(H,26,27). The summed E-state index contributed by atoms with van der Waals surface area (Å²) in [7, 11) is 1.30. The van der Waals surface area contributed by atoms with Crippen LogP contribution in [0.3, 0.4) is 0 Å². The number of methoxy groups -OCH3 is 1. The molecule has 1 unspecified atom stereocenters. The molecule has 0 aliphatic carbocycles. The molecule has 1 heterocycles. The molecule has 1 amide bonds. The Kier molecular flexibility index (Phi) is 7.35. The van der Waals surface area contributed by atoms with Crippen molar-refractivity contribution in [3.63, 3.8) is 0 Å². The van der Waals surface area contributed by atoms with E-state index in [0.29, 0.717) is 17.2 Å². The molecule has 156 valence electrons. The second-order valence-corrected chi connectivity index (χ2v) is 7.47. The van der Waals surface area contributed by atoms with E-state index in [-0.39, 0.29) is 25.2 Å². The van der Waals surface area contributed by atoms with E-state index in [2.05, 4.69) is 26.2 Å². The highest BCUT2D eigenvalue weighted by Gasteiger charge is 2.20. The van der Waals surface area contributed by atoms with Crippen LogP contribution < -0.4 is 5.32 Å². The number of nitrogens with one attached hydrogen (secondary N) is 1. The molecular formula is C22H20BrFN2O4. The molecule has 30 heavy (non-hydrogen) atoms. The second-order valence-electron chi connectivity index (χ2n) is 6.55. The molecule has 3 aromatic rings. The Bertz CT molecular complexity index is 1040. The summed E-state index contributed by atoms with van der Waals surface area (Å²) < 4.78 is 25.0. The van der Waals surface area contributed by atoms with Gasteiger partial charge < -0.3 is 14.5 Å². The van der Waals surface area contributed by atoms with Gasteiger partial charge in [-0.25, -0.2) is 9.37 Å². The molecule has 1 aromatic heterocycles. The van der Waals surface area contributed by atoms with Crippen LogP contribution in [0, 0.1) is 5.82 Å². The second kappa shape index (κ2) is 10.2. The molecule has 1 N–H and O–H groups in total. The normalized spacial score (nSPS) is 11.7. The maximum atomic E-state index is 13.9. The third-order valence-corrected chi connectivity index (χ3v) is 4.94. The highest BCUT2D eigenvalue weighted by atomic mass is 79.9. The third kappa shape index (κ3) is 5.76. The molecular weight excluding hydrogens is 455 g/mol. The molecule has 0 saturated heterocycles. The number of nitrogens with zero attached hydrogens (tertiary/aromatic N) is 1. The fourth-order valence-electron chi connectivity index (χ4n) is 2.92. The number of hydrogen-bond donors (Lipinski definition) is 1. The van der Waals surface area contributed by atoms with Crippen LogP contribution >= 0.6 is 15.9 Å². The van der Waals surface area contributed by atoms with E-state index in [0.717, 1.165) is 10.0 Å². The Morgan fingerprint density at radius 1 is 1.23 bits per heavy atom. The third-order valence-electron chi connectivity index (χ3n) is 4.44. The SMILES string of the molecule is COC(=O)CC(NC(=O)CCc1ncc(-c2ccccc2F)o1)c1cccc(Br)c1. The summed E-state index contributed by atoms with van der Waals surface area (Å²) in [6.07, 6.45) is 1.79. The van der Waals surface area contributed by atoms with Crippen molar-refractivity contribution in [3.05, 3.63) is 76.5 Å². The number of esters is 1. The van der Waals surface area contributed by atoms with E-state index >= 15 is 0 Å². The lowest BCUT2D eigenvalue weighted by atomic mass is 10.0. The van der Waals surface area contributed by atoms with Crippen LogP contribution in [-0.2, 0) is 20.7 Å². The Morgan fingerprint density at radius 3 is 2.77 bits per heavy atom. The summed E-state index contributed by atoms with van der Waals surface area (Å²) >= 11 is 3.39. The molecule has 1 atom stereocenters. The number of halogens is 2. The van der Waals surface area contributed by atoms with Crippen molar-refractivity contribution in [1.82, 2.24) is 10.3 Å². The van der Waals surface area contributed by atoms with Crippen molar-refractivity contribution >= 4 is 27.8 Å². The van der Waals surface area contributed by atoms with Gasteiger partial charge in [0.2, 0.25) is 5.91 Å². The number of carbonyl (C=O) groups excluding carboxylic acids is 2. The number of aryl methyl sites for hydroxylation is 1. The summed E-state index contributed by atoms with van der Waals surface area (Å²) in [6.45, 7) is 0. The molecule has 3 rings (SSSR count). The van der Waals surface area contributed by atoms with E-state index in [1.165, 1.54) is 19.4 Å². The van der Waals surface area contributed by atoms with E-state index in [1.807, 2.05) is 24.3 Å². The smallest absolute Gasteiger partial charge is 0.307 e. The lowest BCUT2D eigenvalue weighted by Crippen LogP contribution is -2.30. The minimum atomic E-state index is -0.527. The van der Waals surface area contributed by atoms with Crippen LogP contribution in [-0.4, -0.2) is 24.0 Å². The first-order chi connectivity index (χ1) is 14.5. The Hall–Kier alpha value is -3.00. The van der Waals surface area contributed by atoms with Crippen molar-refractivity contribution < 1.29 is 23.1 Å². The first-order valence-electron chi connectivity index (χ1n) is 9.27. The summed E-state index contributed by atoms with van der Waals surface area (Å²) in [5.41, 5.74) is 1.09. The fourth-order valence-corrected chi connectivity index (χ4v) is 3.34. The number of hydrogen-bond acceptors (Lipinski definition) is 5. The van der Waals surface area contributed by atoms with Gasteiger partial charge in [0.25, 0.3) is 0 Å². The van der Waals surface area contributed by atoms with E-state index in [9.17, 15) is 14.0 Å². The number of oxazole rings is 1.